The number of carbonyl (C=O) groups is 2. The van der Waals surface area contributed by atoms with Crippen molar-refractivity contribution >= 4 is 34.7 Å². The molecule has 2 aliphatic rings. The van der Waals surface area contributed by atoms with Crippen molar-refractivity contribution in [1.29, 1.82) is 0 Å². The van der Waals surface area contributed by atoms with Gasteiger partial charge in [0.1, 0.15) is 0 Å². The summed E-state index contributed by atoms with van der Waals surface area (Å²) in [5.41, 5.74) is 6.42. The van der Waals surface area contributed by atoms with E-state index in [0.717, 1.165) is 47.5 Å². The van der Waals surface area contributed by atoms with Crippen LogP contribution in [0.3, 0.4) is 0 Å². The van der Waals surface area contributed by atoms with E-state index in [-0.39, 0.29) is 23.0 Å². The minimum Gasteiger partial charge on any atom is -0.357 e. The smallest absolute Gasteiger partial charge is 0.227 e. The molecule has 0 bridgehead atoms. The first-order chi connectivity index (χ1) is 19.2. The fourth-order valence-electron chi connectivity index (χ4n) is 5.99. The Morgan fingerprint density at radius 2 is 1.65 bits per heavy atom. The van der Waals surface area contributed by atoms with Crippen molar-refractivity contribution in [2.75, 3.05) is 10.2 Å². The highest BCUT2D eigenvalue weighted by Crippen LogP contribution is 2.48. The van der Waals surface area contributed by atoms with Gasteiger partial charge in [-0.3, -0.25) is 14.5 Å². The summed E-state index contributed by atoms with van der Waals surface area (Å²) >= 11 is 6.80. The summed E-state index contributed by atoms with van der Waals surface area (Å²) in [6.07, 6.45) is 4.32. The van der Waals surface area contributed by atoms with Crippen molar-refractivity contribution in [2.45, 2.75) is 83.6 Å². The number of hydrogen-bond acceptors (Lipinski definition) is 3. The summed E-state index contributed by atoms with van der Waals surface area (Å²) in [6.45, 7) is 8.76. The van der Waals surface area contributed by atoms with Crippen LogP contribution in [0.5, 0.6) is 0 Å². The predicted molar refractivity (Wildman–Crippen MR) is 165 cm³/mol. The van der Waals surface area contributed by atoms with Gasteiger partial charge in [-0.1, -0.05) is 107 Å². The zero-order chi connectivity index (χ0) is 28.4. The third-order valence-electron chi connectivity index (χ3n) is 8.20. The van der Waals surface area contributed by atoms with E-state index in [2.05, 4.69) is 57.3 Å². The van der Waals surface area contributed by atoms with Gasteiger partial charge in [-0.25, -0.2) is 0 Å². The zero-order valence-corrected chi connectivity index (χ0v) is 24.7. The Hall–Kier alpha value is -3.37. The highest BCUT2D eigenvalue weighted by atomic mass is 35.5. The number of halogens is 1. The van der Waals surface area contributed by atoms with Gasteiger partial charge in [-0.15, -0.1) is 0 Å². The van der Waals surface area contributed by atoms with Crippen LogP contribution in [0, 0.1) is 0 Å². The number of ketones is 1. The first-order valence-corrected chi connectivity index (χ1v) is 14.9. The van der Waals surface area contributed by atoms with Gasteiger partial charge in [0.15, 0.2) is 5.78 Å². The maximum absolute atomic E-state index is 14.2. The Kier molecular flexibility index (Phi) is 8.19. The van der Waals surface area contributed by atoms with Gasteiger partial charge in [-0.2, -0.15) is 0 Å². The Morgan fingerprint density at radius 3 is 2.35 bits per heavy atom. The molecule has 0 spiro atoms. The van der Waals surface area contributed by atoms with Crippen LogP contribution in [0.4, 0.5) is 11.4 Å². The molecule has 1 aliphatic heterocycles. The van der Waals surface area contributed by atoms with Crippen molar-refractivity contribution in [1.82, 2.24) is 0 Å². The molecule has 0 radical (unpaired) electrons. The van der Waals surface area contributed by atoms with Crippen LogP contribution in [0.1, 0.15) is 94.9 Å². The number of nitrogens with zero attached hydrogens (tertiary/aromatic N) is 1. The lowest BCUT2D eigenvalue weighted by molar-refractivity contribution is -0.119. The number of allylic oxidation sites excluding steroid dienone is 1. The average Bonchev–Trinajstić information content (AvgIpc) is 3.07. The lowest BCUT2D eigenvalue weighted by Crippen LogP contribution is -2.38. The number of rotatable bonds is 6. The second kappa shape index (κ2) is 11.6. The Bertz CT molecular complexity index is 1430. The minimum atomic E-state index is -0.592. The van der Waals surface area contributed by atoms with E-state index in [1.54, 1.807) is 0 Å². The molecular formula is C35H39ClN2O2. The Balaban J connectivity index is 1.63. The molecule has 0 saturated carbocycles. The van der Waals surface area contributed by atoms with Crippen LogP contribution in [0.15, 0.2) is 84.1 Å². The molecule has 0 saturated heterocycles. The van der Waals surface area contributed by atoms with E-state index in [1.165, 1.54) is 5.56 Å². The van der Waals surface area contributed by atoms with Crippen LogP contribution < -0.4 is 10.2 Å². The number of carbonyl (C=O) groups excluding carboxylic acids is 2. The third kappa shape index (κ3) is 5.60. The van der Waals surface area contributed by atoms with Crippen molar-refractivity contribution in [3.63, 3.8) is 0 Å². The molecule has 3 aromatic rings. The van der Waals surface area contributed by atoms with Gasteiger partial charge in [0, 0.05) is 29.1 Å². The summed E-state index contributed by atoms with van der Waals surface area (Å²) in [5.74, 6) is 0.121. The van der Waals surface area contributed by atoms with Crippen LogP contribution >= 0.6 is 11.6 Å². The molecule has 208 valence electrons. The molecule has 5 heteroatoms. The fourth-order valence-corrected chi connectivity index (χ4v) is 6.23. The molecule has 0 aromatic heterocycles. The number of benzene rings is 3. The molecule has 1 amide bonds. The molecule has 3 aromatic carbocycles. The first kappa shape index (κ1) is 28.2. The predicted octanol–water partition coefficient (Wildman–Crippen LogP) is 9.12. The lowest BCUT2D eigenvalue weighted by Gasteiger charge is -2.35. The summed E-state index contributed by atoms with van der Waals surface area (Å²) in [6, 6.07) is 23.6. The molecule has 0 fully saturated rings. The van der Waals surface area contributed by atoms with Gasteiger partial charge in [0.05, 0.1) is 17.4 Å². The quantitative estimate of drug-likeness (QED) is 0.309. The molecule has 2 atom stereocenters. The summed E-state index contributed by atoms with van der Waals surface area (Å²) in [7, 11) is 0. The number of anilines is 2. The Morgan fingerprint density at radius 1 is 0.950 bits per heavy atom. The second-order valence-corrected chi connectivity index (χ2v) is 12.5. The number of para-hydroxylation sites is 2. The second-order valence-electron chi connectivity index (χ2n) is 12.1. The molecule has 4 nitrogen and oxygen atoms in total. The maximum atomic E-state index is 14.2. The molecule has 1 heterocycles. The van der Waals surface area contributed by atoms with Crippen LogP contribution in [0.25, 0.3) is 0 Å². The highest BCUT2D eigenvalue weighted by Gasteiger charge is 2.42. The summed E-state index contributed by atoms with van der Waals surface area (Å²) in [4.78, 5) is 30.0. The van der Waals surface area contributed by atoms with E-state index in [4.69, 9.17) is 11.6 Å². The van der Waals surface area contributed by atoms with E-state index < -0.39 is 6.04 Å². The molecule has 1 N–H and O–H groups in total. The number of amides is 1. The van der Waals surface area contributed by atoms with Gasteiger partial charge >= 0.3 is 0 Å². The first-order valence-electron chi connectivity index (χ1n) is 14.5. The SMILES string of the molecule is CCCCCC(=O)N1c2ccccc2NC2=C(C(=O)C[C@H](c3ccc(C(C)(C)C)cc3)C2)[C@@H]1c1ccccc1Cl. The van der Waals surface area contributed by atoms with Crippen molar-refractivity contribution < 1.29 is 9.59 Å². The number of nitrogens with one attached hydrogen (secondary N) is 1. The summed E-state index contributed by atoms with van der Waals surface area (Å²) < 4.78 is 0. The molecule has 0 unspecified atom stereocenters. The molecular weight excluding hydrogens is 516 g/mol. The van der Waals surface area contributed by atoms with Crippen LogP contribution in [-0.2, 0) is 15.0 Å². The monoisotopic (exact) mass is 554 g/mol. The van der Waals surface area contributed by atoms with Crippen molar-refractivity contribution in [2.24, 2.45) is 0 Å². The molecule has 40 heavy (non-hydrogen) atoms. The number of unbranched alkanes of at least 4 members (excludes halogenated alkanes) is 2. The standard InChI is InChI=1S/C35H39ClN2O2/c1-5-6-7-16-32(40)38-30-15-11-10-14-28(30)37-29-21-24(23-17-19-25(20-18-23)35(2,3)4)22-31(39)33(29)34(38)26-12-8-9-13-27(26)36/h8-15,17-20,24,34,37H,5-7,16,21-22H2,1-4H3/t24-,34+/m1/s1. The van der Waals surface area contributed by atoms with Crippen LogP contribution in [-0.4, -0.2) is 11.7 Å². The zero-order valence-electron chi connectivity index (χ0n) is 24.0. The third-order valence-corrected chi connectivity index (χ3v) is 8.54. The lowest BCUT2D eigenvalue weighted by atomic mass is 9.77. The minimum absolute atomic E-state index is 0.00839. The van der Waals surface area contributed by atoms with Gasteiger partial charge in [0.25, 0.3) is 0 Å². The number of hydrogen-bond donors (Lipinski definition) is 1. The Labute approximate surface area is 243 Å². The topological polar surface area (TPSA) is 49.4 Å². The van der Waals surface area contributed by atoms with Crippen molar-refractivity contribution in [3.8, 4) is 0 Å². The van der Waals surface area contributed by atoms with E-state index in [1.807, 2.05) is 53.4 Å². The van der Waals surface area contributed by atoms with E-state index in [9.17, 15) is 9.59 Å². The van der Waals surface area contributed by atoms with Gasteiger partial charge < -0.3 is 5.32 Å². The molecule has 5 rings (SSSR count). The van der Waals surface area contributed by atoms with E-state index >= 15 is 0 Å². The largest absolute Gasteiger partial charge is 0.357 e. The molecule has 1 aliphatic carbocycles. The van der Waals surface area contributed by atoms with E-state index in [0.29, 0.717) is 29.9 Å². The average molecular weight is 555 g/mol. The number of fused-ring (bicyclic) bond motifs is 1. The normalized spacial score (nSPS) is 19.0. The maximum Gasteiger partial charge on any atom is 0.227 e. The number of Topliss-reactive ketones (excluding diaryl/α,β-unsaturated/α-hetero) is 1. The fraction of sp³-hybridized carbons (Fsp3) is 0.371. The summed E-state index contributed by atoms with van der Waals surface area (Å²) in [5, 5.41) is 4.17. The van der Waals surface area contributed by atoms with Gasteiger partial charge in [0.2, 0.25) is 5.91 Å². The van der Waals surface area contributed by atoms with Crippen LogP contribution in [0.2, 0.25) is 5.02 Å². The van der Waals surface area contributed by atoms with Crippen molar-refractivity contribution in [3.05, 3.63) is 106 Å². The highest BCUT2D eigenvalue weighted by molar-refractivity contribution is 6.31. The van der Waals surface area contributed by atoms with Gasteiger partial charge in [-0.05, 0) is 59.1 Å².